The minimum atomic E-state index is -0.969. The van der Waals surface area contributed by atoms with Crippen LogP contribution in [-0.4, -0.2) is 42.8 Å². The second-order valence-corrected chi connectivity index (χ2v) is 7.66. The molecular weight excluding hydrogens is 390 g/mol. The van der Waals surface area contributed by atoms with Crippen LogP contribution in [0.15, 0.2) is 78.9 Å². The lowest BCUT2D eigenvalue weighted by atomic mass is 10.0. The average Bonchev–Trinajstić information content (AvgIpc) is 3.03. The minimum Gasteiger partial charge on any atom is -0.378 e. The largest absolute Gasteiger partial charge is 0.378 e. The van der Waals surface area contributed by atoms with Crippen LogP contribution in [-0.2, 0) is 11.2 Å². The number of fused-ring (bicyclic) bond motifs is 1. The number of carbonyl (C=O) groups excluding carboxylic acids is 3. The quantitative estimate of drug-likeness (QED) is 0.627. The van der Waals surface area contributed by atoms with E-state index in [1.165, 1.54) is 0 Å². The Kier molecular flexibility index (Phi) is 5.54. The van der Waals surface area contributed by atoms with Crippen LogP contribution in [0.5, 0.6) is 0 Å². The van der Waals surface area contributed by atoms with Gasteiger partial charge in [0.2, 0.25) is 5.91 Å². The third-order valence-corrected chi connectivity index (χ3v) is 5.36. The summed E-state index contributed by atoms with van der Waals surface area (Å²) in [6, 6.07) is 22.5. The zero-order chi connectivity index (χ0) is 22.0. The summed E-state index contributed by atoms with van der Waals surface area (Å²) in [7, 11) is 3.87. The van der Waals surface area contributed by atoms with Gasteiger partial charge in [0.25, 0.3) is 11.8 Å². The third kappa shape index (κ3) is 4.05. The molecule has 3 amide bonds. The van der Waals surface area contributed by atoms with Crippen molar-refractivity contribution in [1.82, 2.24) is 4.90 Å². The molecule has 6 nitrogen and oxygen atoms in total. The normalized spacial score (nSPS) is 13.7. The summed E-state index contributed by atoms with van der Waals surface area (Å²) in [6.45, 7) is 0. The molecule has 0 radical (unpaired) electrons. The molecule has 0 aromatic heterocycles. The molecule has 1 aliphatic rings. The third-order valence-electron chi connectivity index (χ3n) is 5.36. The molecular formula is C25H23N3O3. The lowest BCUT2D eigenvalue weighted by Crippen LogP contribution is -2.48. The number of rotatable bonds is 6. The first-order valence-electron chi connectivity index (χ1n) is 10.0. The van der Waals surface area contributed by atoms with Crippen LogP contribution in [0.25, 0.3) is 0 Å². The lowest BCUT2D eigenvalue weighted by molar-refractivity contribution is -0.119. The van der Waals surface area contributed by atoms with Gasteiger partial charge in [-0.3, -0.25) is 19.3 Å². The molecule has 3 aromatic rings. The first-order chi connectivity index (χ1) is 15.0. The second kappa shape index (κ2) is 8.44. The molecule has 31 heavy (non-hydrogen) atoms. The van der Waals surface area contributed by atoms with Gasteiger partial charge in [0, 0.05) is 31.9 Å². The van der Waals surface area contributed by atoms with Gasteiger partial charge in [-0.05, 0) is 42.0 Å². The van der Waals surface area contributed by atoms with Gasteiger partial charge >= 0.3 is 0 Å². The van der Waals surface area contributed by atoms with E-state index >= 15 is 0 Å². The summed E-state index contributed by atoms with van der Waals surface area (Å²) < 4.78 is 0. The molecule has 0 aliphatic carbocycles. The fourth-order valence-corrected chi connectivity index (χ4v) is 3.70. The Morgan fingerprint density at radius 3 is 1.94 bits per heavy atom. The predicted octanol–water partition coefficient (Wildman–Crippen LogP) is 3.60. The molecule has 1 atom stereocenters. The SMILES string of the molecule is CN(C)c1ccc(NC(=O)[C@H](Cc2ccccc2)N2C(=O)c3ccccc3C2=O)cc1. The van der Waals surface area contributed by atoms with Crippen molar-refractivity contribution in [1.29, 1.82) is 0 Å². The zero-order valence-corrected chi connectivity index (χ0v) is 17.4. The van der Waals surface area contributed by atoms with E-state index < -0.39 is 23.8 Å². The fraction of sp³-hybridized carbons (Fsp3) is 0.160. The van der Waals surface area contributed by atoms with Crippen LogP contribution < -0.4 is 10.2 Å². The second-order valence-electron chi connectivity index (χ2n) is 7.66. The number of anilines is 2. The number of hydrogen-bond acceptors (Lipinski definition) is 4. The van der Waals surface area contributed by atoms with Crippen LogP contribution in [0.4, 0.5) is 11.4 Å². The average molecular weight is 413 g/mol. The highest BCUT2D eigenvalue weighted by molar-refractivity contribution is 6.23. The monoisotopic (exact) mass is 413 g/mol. The van der Waals surface area contributed by atoms with Gasteiger partial charge in [-0.1, -0.05) is 42.5 Å². The van der Waals surface area contributed by atoms with Gasteiger partial charge in [-0.15, -0.1) is 0 Å². The van der Waals surface area contributed by atoms with E-state index in [-0.39, 0.29) is 6.42 Å². The number of amides is 3. The molecule has 0 unspecified atom stereocenters. The van der Waals surface area contributed by atoms with E-state index in [9.17, 15) is 14.4 Å². The molecule has 3 aromatic carbocycles. The van der Waals surface area contributed by atoms with Crippen molar-refractivity contribution in [3.63, 3.8) is 0 Å². The highest BCUT2D eigenvalue weighted by Gasteiger charge is 2.42. The Balaban J connectivity index is 1.64. The molecule has 1 heterocycles. The van der Waals surface area contributed by atoms with Crippen LogP contribution >= 0.6 is 0 Å². The van der Waals surface area contributed by atoms with Gasteiger partial charge in [0.15, 0.2) is 0 Å². The number of carbonyl (C=O) groups is 3. The van der Waals surface area contributed by atoms with E-state index in [0.29, 0.717) is 16.8 Å². The van der Waals surface area contributed by atoms with E-state index in [4.69, 9.17) is 0 Å². The molecule has 0 bridgehead atoms. The van der Waals surface area contributed by atoms with Crippen molar-refractivity contribution in [3.8, 4) is 0 Å². The Hall–Kier alpha value is -3.93. The van der Waals surface area contributed by atoms with Crippen molar-refractivity contribution in [3.05, 3.63) is 95.6 Å². The summed E-state index contributed by atoms with van der Waals surface area (Å²) >= 11 is 0. The number of imide groups is 1. The van der Waals surface area contributed by atoms with E-state index in [1.54, 1.807) is 36.4 Å². The lowest BCUT2D eigenvalue weighted by Gasteiger charge is -2.25. The van der Waals surface area contributed by atoms with E-state index in [0.717, 1.165) is 16.2 Å². The summed E-state index contributed by atoms with van der Waals surface area (Å²) in [5.41, 5.74) is 3.12. The minimum absolute atomic E-state index is 0.230. The molecule has 0 saturated carbocycles. The predicted molar refractivity (Wildman–Crippen MR) is 120 cm³/mol. The van der Waals surface area contributed by atoms with Crippen molar-refractivity contribution in [2.45, 2.75) is 12.5 Å². The van der Waals surface area contributed by atoms with Crippen molar-refractivity contribution < 1.29 is 14.4 Å². The molecule has 1 N–H and O–H groups in total. The molecule has 4 rings (SSSR count). The van der Waals surface area contributed by atoms with Crippen LogP contribution in [0.1, 0.15) is 26.3 Å². The van der Waals surface area contributed by atoms with Crippen LogP contribution in [0, 0.1) is 0 Å². The van der Waals surface area contributed by atoms with Gasteiger partial charge in [0.05, 0.1) is 11.1 Å². The number of nitrogens with one attached hydrogen (secondary N) is 1. The molecule has 1 aliphatic heterocycles. The van der Waals surface area contributed by atoms with E-state index in [2.05, 4.69) is 5.32 Å². The number of nitrogens with zero attached hydrogens (tertiary/aromatic N) is 2. The summed E-state index contributed by atoms with van der Waals surface area (Å²) in [6.07, 6.45) is 0.230. The summed E-state index contributed by atoms with van der Waals surface area (Å²) in [4.78, 5) is 42.4. The molecule has 0 saturated heterocycles. The first-order valence-corrected chi connectivity index (χ1v) is 10.0. The van der Waals surface area contributed by atoms with Gasteiger partial charge in [-0.25, -0.2) is 0 Å². The molecule has 0 fully saturated rings. The maximum absolute atomic E-state index is 13.3. The Bertz CT molecular complexity index is 1090. The highest BCUT2D eigenvalue weighted by atomic mass is 16.2. The van der Waals surface area contributed by atoms with Gasteiger partial charge in [-0.2, -0.15) is 0 Å². The molecule has 6 heteroatoms. The van der Waals surface area contributed by atoms with Crippen LogP contribution in [0.3, 0.4) is 0 Å². The standard InChI is InChI=1S/C25H23N3O3/c1-27(2)19-14-12-18(13-15-19)26-23(29)22(16-17-8-4-3-5-9-17)28-24(30)20-10-6-7-11-21(20)25(28)31/h3-15,22H,16H2,1-2H3,(H,26,29)/t22-/m0/s1. The Morgan fingerprint density at radius 1 is 0.839 bits per heavy atom. The van der Waals surface area contributed by atoms with Crippen molar-refractivity contribution in [2.24, 2.45) is 0 Å². The summed E-state index contributed by atoms with van der Waals surface area (Å²) in [5, 5.41) is 2.87. The highest BCUT2D eigenvalue weighted by Crippen LogP contribution is 2.27. The zero-order valence-electron chi connectivity index (χ0n) is 17.4. The Morgan fingerprint density at radius 2 is 1.39 bits per heavy atom. The molecule has 0 spiro atoms. The molecule has 156 valence electrons. The smallest absolute Gasteiger partial charge is 0.262 e. The number of benzene rings is 3. The van der Waals surface area contributed by atoms with E-state index in [1.807, 2.05) is 61.5 Å². The number of hydrogen-bond donors (Lipinski definition) is 1. The maximum Gasteiger partial charge on any atom is 0.262 e. The maximum atomic E-state index is 13.3. The topological polar surface area (TPSA) is 69.7 Å². The Labute approximate surface area is 181 Å². The van der Waals surface area contributed by atoms with Crippen molar-refractivity contribution in [2.75, 3.05) is 24.3 Å². The summed E-state index contributed by atoms with van der Waals surface area (Å²) in [5.74, 6) is -1.30. The van der Waals surface area contributed by atoms with Gasteiger partial charge in [0.1, 0.15) is 6.04 Å². The fourth-order valence-electron chi connectivity index (χ4n) is 3.70. The first kappa shape index (κ1) is 20.3. The van der Waals surface area contributed by atoms with Gasteiger partial charge < -0.3 is 10.2 Å². The van der Waals surface area contributed by atoms with Crippen LogP contribution in [0.2, 0.25) is 0 Å². The van der Waals surface area contributed by atoms with Crippen molar-refractivity contribution >= 4 is 29.1 Å².